The summed E-state index contributed by atoms with van der Waals surface area (Å²) < 4.78 is 5.16. The molecule has 0 bridgehead atoms. The number of nitrogens with one attached hydrogen (secondary N) is 1. The van der Waals surface area contributed by atoms with Crippen LogP contribution in [0.25, 0.3) is 0 Å². The summed E-state index contributed by atoms with van der Waals surface area (Å²) in [6.45, 7) is 5.31. The Kier molecular flexibility index (Phi) is 4.17. The number of hydrogen-bond donors (Lipinski definition) is 1. The molecule has 22 heavy (non-hydrogen) atoms. The quantitative estimate of drug-likeness (QED) is 0.898. The van der Waals surface area contributed by atoms with E-state index in [1.807, 2.05) is 0 Å². The van der Waals surface area contributed by atoms with E-state index in [4.69, 9.17) is 16.3 Å². The van der Waals surface area contributed by atoms with Crippen molar-refractivity contribution in [3.63, 3.8) is 0 Å². The molecule has 1 N–H and O–H groups in total. The molecule has 1 aliphatic rings. The lowest BCUT2D eigenvalue weighted by Gasteiger charge is -2.34. The molecular formula is C16H17ClN2O3. The normalized spacial score (nSPS) is 16.4. The Morgan fingerprint density at radius 1 is 1.41 bits per heavy atom. The molecule has 5 nitrogen and oxygen atoms in total. The molecule has 0 saturated heterocycles. The Labute approximate surface area is 134 Å². The molecule has 0 heterocycles. The van der Waals surface area contributed by atoms with Crippen LogP contribution in [0.5, 0.6) is 0 Å². The highest BCUT2D eigenvalue weighted by Gasteiger charge is 2.46. The van der Waals surface area contributed by atoms with Crippen molar-refractivity contribution in [1.82, 2.24) is 0 Å². The second kappa shape index (κ2) is 5.62. The summed E-state index contributed by atoms with van der Waals surface area (Å²) in [5.41, 5.74) is -0.336. The average molecular weight is 321 g/mol. The van der Waals surface area contributed by atoms with Gasteiger partial charge in [0.2, 0.25) is 0 Å². The number of halogens is 1. The number of Topliss-reactive ketones (excluding diaryl/α,β-unsaturated/α-hetero) is 1. The van der Waals surface area contributed by atoms with Crippen LogP contribution in [0, 0.1) is 11.3 Å². The van der Waals surface area contributed by atoms with E-state index in [-0.39, 0.29) is 18.6 Å². The fourth-order valence-corrected chi connectivity index (χ4v) is 2.71. The number of anilines is 1. The standard InChI is InChI=1S/C16H17ClN2O3/c1-15(2,3)22-14(21)19-10-4-5-12(13(17)6-10)16(9-18)7-11(20)8-16/h4-6H,7-8H2,1-3H3,(H,19,21). The summed E-state index contributed by atoms with van der Waals surface area (Å²) in [6.07, 6.45) is -0.213. The predicted octanol–water partition coefficient (Wildman–Crippen LogP) is 3.81. The first-order chi connectivity index (χ1) is 10.1. The number of carbonyl (C=O) groups is 2. The number of benzene rings is 1. The van der Waals surface area contributed by atoms with Crippen LogP contribution < -0.4 is 5.32 Å². The summed E-state index contributed by atoms with van der Waals surface area (Å²) in [5, 5.41) is 12.3. The summed E-state index contributed by atoms with van der Waals surface area (Å²) in [6, 6.07) is 7.05. The summed E-state index contributed by atoms with van der Waals surface area (Å²) in [5.74, 6) is 0.0496. The summed E-state index contributed by atoms with van der Waals surface area (Å²) >= 11 is 6.21. The zero-order valence-corrected chi connectivity index (χ0v) is 13.5. The van der Waals surface area contributed by atoms with Crippen LogP contribution in [0.4, 0.5) is 10.5 Å². The maximum atomic E-state index is 11.7. The Morgan fingerprint density at radius 3 is 2.50 bits per heavy atom. The van der Waals surface area contributed by atoms with Crippen LogP contribution in [0.3, 0.4) is 0 Å². The van der Waals surface area contributed by atoms with Gasteiger partial charge in [0.05, 0.1) is 11.5 Å². The highest BCUT2D eigenvalue weighted by molar-refractivity contribution is 6.32. The van der Waals surface area contributed by atoms with Gasteiger partial charge in [-0.2, -0.15) is 5.26 Å². The van der Waals surface area contributed by atoms with Crippen molar-refractivity contribution in [1.29, 1.82) is 5.26 Å². The Bertz CT molecular complexity index is 663. The predicted molar refractivity (Wildman–Crippen MR) is 82.8 cm³/mol. The SMILES string of the molecule is CC(C)(C)OC(=O)Nc1ccc(C2(C#N)CC(=O)C2)c(Cl)c1. The Hall–Kier alpha value is -2.06. The second-order valence-corrected chi connectivity index (χ2v) is 6.81. The Balaban J connectivity index is 2.16. The van der Waals surface area contributed by atoms with E-state index < -0.39 is 17.1 Å². The highest BCUT2D eigenvalue weighted by Crippen LogP contribution is 2.44. The third-order valence-corrected chi connectivity index (χ3v) is 3.65. The zero-order chi connectivity index (χ0) is 16.5. The smallest absolute Gasteiger partial charge is 0.412 e. The number of ketones is 1. The van der Waals surface area contributed by atoms with Crippen molar-refractivity contribution in [3.05, 3.63) is 28.8 Å². The molecule has 6 heteroatoms. The van der Waals surface area contributed by atoms with Gasteiger partial charge in [0.25, 0.3) is 0 Å². The van der Waals surface area contributed by atoms with Crippen LogP contribution in [0.15, 0.2) is 18.2 Å². The number of carbonyl (C=O) groups excluding carboxylic acids is 2. The molecule has 116 valence electrons. The molecule has 0 aromatic heterocycles. The number of amides is 1. The van der Waals surface area contributed by atoms with Gasteiger partial charge in [-0.1, -0.05) is 17.7 Å². The van der Waals surface area contributed by atoms with Gasteiger partial charge < -0.3 is 4.74 Å². The highest BCUT2D eigenvalue weighted by atomic mass is 35.5. The molecule has 0 unspecified atom stereocenters. The molecule has 0 aliphatic heterocycles. The topological polar surface area (TPSA) is 79.2 Å². The van der Waals surface area contributed by atoms with E-state index in [9.17, 15) is 14.9 Å². The Morgan fingerprint density at radius 2 is 2.05 bits per heavy atom. The lowest BCUT2D eigenvalue weighted by Crippen LogP contribution is -2.40. The molecule has 2 rings (SSSR count). The van der Waals surface area contributed by atoms with E-state index in [0.29, 0.717) is 16.3 Å². The van der Waals surface area contributed by atoms with E-state index in [0.717, 1.165) is 0 Å². The fourth-order valence-electron chi connectivity index (χ4n) is 2.35. The molecule has 1 aliphatic carbocycles. The van der Waals surface area contributed by atoms with Crippen LogP contribution in [-0.4, -0.2) is 17.5 Å². The first kappa shape index (κ1) is 16.3. The molecule has 0 atom stereocenters. The van der Waals surface area contributed by atoms with Crippen molar-refractivity contribution >= 4 is 29.2 Å². The van der Waals surface area contributed by atoms with E-state index in [1.54, 1.807) is 39.0 Å². The van der Waals surface area contributed by atoms with E-state index in [1.165, 1.54) is 0 Å². The minimum absolute atomic E-state index is 0.0496. The van der Waals surface area contributed by atoms with Crippen LogP contribution in [-0.2, 0) is 14.9 Å². The molecular weight excluding hydrogens is 304 g/mol. The molecule has 0 spiro atoms. The van der Waals surface area contributed by atoms with Gasteiger partial charge in [-0.25, -0.2) is 4.79 Å². The number of hydrogen-bond acceptors (Lipinski definition) is 4. The van der Waals surface area contributed by atoms with E-state index >= 15 is 0 Å². The molecule has 1 amide bonds. The van der Waals surface area contributed by atoms with Gasteiger partial charge in [0.15, 0.2) is 0 Å². The second-order valence-electron chi connectivity index (χ2n) is 6.41. The average Bonchev–Trinajstić information content (AvgIpc) is 2.33. The van der Waals surface area contributed by atoms with Crippen molar-refractivity contribution in [2.45, 2.75) is 44.6 Å². The van der Waals surface area contributed by atoms with Gasteiger partial charge in [-0.05, 0) is 38.5 Å². The molecule has 1 saturated carbocycles. The summed E-state index contributed by atoms with van der Waals surface area (Å²) in [4.78, 5) is 23.0. The zero-order valence-electron chi connectivity index (χ0n) is 12.7. The molecule has 1 fully saturated rings. The summed E-state index contributed by atoms with van der Waals surface area (Å²) in [7, 11) is 0. The third-order valence-electron chi connectivity index (χ3n) is 3.34. The number of rotatable bonds is 2. The molecule has 1 aromatic carbocycles. The van der Waals surface area contributed by atoms with Crippen molar-refractivity contribution in [2.24, 2.45) is 0 Å². The van der Waals surface area contributed by atoms with Crippen LogP contribution in [0.2, 0.25) is 5.02 Å². The van der Waals surface area contributed by atoms with Crippen LogP contribution in [0.1, 0.15) is 39.2 Å². The largest absolute Gasteiger partial charge is 0.444 e. The van der Waals surface area contributed by atoms with Gasteiger partial charge >= 0.3 is 6.09 Å². The maximum absolute atomic E-state index is 11.7. The third kappa shape index (κ3) is 3.40. The van der Waals surface area contributed by atoms with Gasteiger partial charge in [0, 0.05) is 23.6 Å². The monoisotopic (exact) mass is 320 g/mol. The lowest BCUT2D eigenvalue weighted by molar-refractivity contribution is -0.126. The maximum Gasteiger partial charge on any atom is 0.412 e. The minimum atomic E-state index is -0.835. The van der Waals surface area contributed by atoms with Crippen molar-refractivity contribution < 1.29 is 14.3 Å². The lowest BCUT2D eigenvalue weighted by atomic mass is 9.64. The molecule has 0 radical (unpaired) electrons. The fraction of sp³-hybridized carbons (Fsp3) is 0.438. The molecule has 1 aromatic rings. The minimum Gasteiger partial charge on any atom is -0.444 e. The first-order valence-electron chi connectivity index (χ1n) is 6.88. The number of nitriles is 1. The van der Waals surface area contributed by atoms with Crippen molar-refractivity contribution in [3.8, 4) is 6.07 Å². The van der Waals surface area contributed by atoms with Crippen LogP contribution >= 0.6 is 11.6 Å². The van der Waals surface area contributed by atoms with Gasteiger partial charge in [-0.15, -0.1) is 0 Å². The first-order valence-corrected chi connectivity index (χ1v) is 7.26. The number of nitrogens with zero attached hydrogens (tertiary/aromatic N) is 1. The van der Waals surface area contributed by atoms with Gasteiger partial charge in [0.1, 0.15) is 11.4 Å². The van der Waals surface area contributed by atoms with Gasteiger partial charge in [-0.3, -0.25) is 10.1 Å². The van der Waals surface area contributed by atoms with Crippen molar-refractivity contribution in [2.75, 3.05) is 5.32 Å². The number of ether oxygens (including phenoxy) is 1. The van der Waals surface area contributed by atoms with E-state index in [2.05, 4.69) is 11.4 Å².